The molecule has 1 aliphatic heterocycles. The van der Waals surface area contributed by atoms with Gasteiger partial charge in [-0.1, -0.05) is 60.7 Å². The number of carbonyl (C=O) groups is 4. The average molecular weight is 480 g/mol. The van der Waals surface area contributed by atoms with Gasteiger partial charge in [-0.05, 0) is 30.9 Å². The molecule has 0 unspecified atom stereocenters. The van der Waals surface area contributed by atoms with Crippen molar-refractivity contribution >= 4 is 23.6 Å². The Morgan fingerprint density at radius 3 is 1.97 bits per heavy atom. The molecule has 0 saturated carbocycles. The second kappa shape index (κ2) is 12.1. The lowest BCUT2D eigenvalue weighted by Crippen LogP contribution is -2.57. The molecule has 2 aromatic rings. The molecule has 1 saturated heterocycles. The maximum atomic E-state index is 13.3. The summed E-state index contributed by atoms with van der Waals surface area (Å²) in [5.41, 5.74) is 13.0. The second-order valence-corrected chi connectivity index (χ2v) is 8.88. The van der Waals surface area contributed by atoms with Crippen LogP contribution in [0, 0.1) is 0 Å². The lowest BCUT2D eigenvalue weighted by molar-refractivity contribution is -0.140. The summed E-state index contributed by atoms with van der Waals surface area (Å²) >= 11 is 0. The van der Waals surface area contributed by atoms with Gasteiger partial charge < -0.3 is 27.0 Å². The van der Waals surface area contributed by atoms with Crippen molar-refractivity contribution in [2.24, 2.45) is 11.5 Å². The molecule has 35 heavy (non-hydrogen) atoms. The van der Waals surface area contributed by atoms with Crippen molar-refractivity contribution in [1.29, 1.82) is 0 Å². The standard InChI is InChI=1S/C26H33N5O4/c1-17(27)26(35)31-14-8-13-22(31)25(34)30-21(16-19-11-6-3-7-12-19)24(33)29-20(23(28)32)15-18-9-4-2-5-10-18/h2-7,9-12,17,20-22H,8,13-16,27H2,1H3,(H2,28,32)(H,29,33)(H,30,34)/t17-,20+,21+,22+/m1/s1. The third kappa shape index (κ3) is 7.13. The Bertz CT molecular complexity index is 1030. The molecule has 1 aliphatic rings. The van der Waals surface area contributed by atoms with Crippen molar-refractivity contribution < 1.29 is 19.2 Å². The Labute approximate surface area is 205 Å². The predicted molar refractivity (Wildman–Crippen MR) is 132 cm³/mol. The summed E-state index contributed by atoms with van der Waals surface area (Å²) in [4.78, 5) is 52.5. The normalized spacial score (nSPS) is 17.8. The number of nitrogens with two attached hydrogens (primary N) is 2. The van der Waals surface area contributed by atoms with Crippen LogP contribution in [-0.4, -0.2) is 59.2 Å². The van der Waals surface area contributed by atoms with Gasteiger partial charge in [0.05, 0.1) is 6.04 Å². The van der Waals surface area contributed by atoms with Crippen molar-refractivity contribution in [1.82, 2.24) is 15.5 Å². The van der Waals surface area contributed by atoms with E-state index in [2.05, 4.69) is 10.6 Å². The zero-order chi connectivity index (χ0) is 25.4. The number of likely N-dealkylation sites (tertiary alicyclic amines) is 1. The maximum absolute atomic E-state index is 13.3. The summed E-state index contributed by atoms with van der Waals surface area (Å²) in [5.74, 6) is -1.92. The molecule has 1 heterocycles. The summed E-state index contributed by atoms with van der Waals surface area (Å²) in [5, 5.41) is 5.51. The highest BCUT2D eigenvalue weighted by Gasteiger charge is 2.37. The topological polar surface area (TPSA) is 148 Å². The van der Waals surface area contributed by atoms with Crippen LogP contribution in [0.15, 0.2) is 60.7 Å². The Kier molecular flexibility index (Phi) is 8.97. The van der Waals surface area contributed by atoms with Crippen LogP contribution >= 0.6 is 0 Å². The molecule has 9 nitrogen and oxygen atoms in total. The van der Waals surface area contributed by atoms with Gasteiger partial charge >= 0.3 is 0 Å². The highest BCUT2D eigenvalue weighted by Crippen LogP contribution is 2.19. The van der Waals surface area contributed by atoms with Gasteiger partial charge in [-0.15, -0.1) is 0 Å². The quantitative estimate of drug-likeness (QED) is 0.386. The molecule has 0 aliphatic carbocycles. The summed E-state index contributed by atoms with van der Waals surface area (Å²) in [6, 6.07) is 15.1. The first-order valence-corrected chi connectivity index (χ1v) is 11.8. The first-order valence-electron chi connectivity index (χ1n) is 11.8. The molecule has 0 radical (unpaired) electrons. The molecular weight excluding hydrogens is 446 g/mol. The summed E-state index contributed by atoms with van der Waals surface area (Å²) in [6.07, 6.45) is 1.60. The zero-order valence-electron chi connectivity index (χ0n) is 19.9. The Hall–Kier alpha value is -3.72. The van der Waals surface area contributed by atoms with Crippen molar-refractivity contribution in [3.63, 3.8) is 0 Å². The van der Waals surface area contributed by atoms with Crippen LogP contribution < -0.4 is 22.1 Å². The van der Waals surface area contributed by atoms with Crippen molar-refractivity contribution in [3.8, 4) is 0 Å². The van der Waals surface area contributed by atoms with E-state index >= 15 is 0 Å². The van der Waals surface area contributed by atoms with Gasteiger partial charge in [-0.3, -0.25) is 19.2 Å². The summed E-state index contributed by atoms with van der Waals surface area (Å²) in [7, 11) is 0. The van der Waals surface area contributed by atoms with E-state index in [1.807, 2.05) is 60.7 Å². The lowest BCUT2D eigenvalue weighted by atomic mass is 10.0. The molecule has 3 rings (SSSR count). The number of primary amides is 1. The molecule has 2 aromatic carbocycles. The number of benzene rings is 2. The van der Waals surface area contributed by atoms with Crippen LogP contribution in [-0.2, 0) is 32.0 Å². The van der Waals surface area contributed by atoms with Crippen molar-refractivity contribution in [2.45, 2.75) is 56.8 Å². The molecule has 9 heteroatoms. The Morgan fingerprint density at radius 1 is 0.914 bits per heavy atom. The van der Waals surface area contributed by atoms with Crippen LogP contribution in [0.4, 0.5) is 0 Å². The number of rotatable bonds is 10. The minimum atomic E-state index is -0.963. The number of nitrogens with zero attached hydrogens (tertiary/aromatic N) is 1. The molecule has 6 N–H and O–H groups in total. The highest BCUT2D eigenvalue weighted by atomic mass is 16.2. The fourth-order valence-electron chi connectivity index (χ4n) is 4.24. The van der Waals surface area contributed by atoms with E-state index in [0.29, 0.717) is 19.4 Å². The monoisotopic (exact) mass is 479 g/mol. The first kappa shape index (κ1) is 25.9. The lowest BCUT2D eigenvalue weighted by Gasteiger charge is -2.28. The van der Waals surface area contributed by atoms with E-state index in [-0.39, 0.29) is 18.7 Å². The predicted octanol–water partition coefficient (Wildman–Crippen LogP) is 0.265. The number of amides is 4. The minimum absolute atomic E-state index is 0.211. The second-order valence-electron chi connectivity index (χ2n) is 8.88. The molecule has 4 amide bonds. The Morgan fingerprint density at radius 2 is 1.46 bits per heavy atom. The van der Waals surface area contributed by atoms with Crippen LogP contribution in [0.2, 0.25) is 0 Å². The Balaban J connectivity index is 1.76. The molecule has 0 aromatic heterocycles. The van der Waals surface area contributed by atoms with E-state index in [1.165, 1.54) is 4.90 Å². The van der Waals surface area contributed by atoms with Crippen molar-refractivity contribution in [2.75, 3.05) is 6.54 Å². The molecule has 4 atom stereocenters. The minimum Gasteiger partial charge on any atom is -0.368 e. The maximum Gasteiger partial charge on any atom is 0.243 e. The van der Waals surface area contributed by atoms with E-state index < -0.39 is 41.9 Å². The van der Waals surface area contributed by atoms with Gasteiger partial charge in [0, 0.05) is 19.4 Å². The molecule has 1 fully saturated rings. The van der Waals surface area contributed by atoms with Gasteiger partial charge in [0.2, 0.25) is 23.6 Å². The third-order valence-corrected chi connectivity index (χ3v) is 6.09. The fourth-order valence-corrected chi connectivity index (χ4v) is 4.24. The number of nitrogens with one attached hydrogen (secondary N) is 2. The van der Waals surface area contributed by atoms with Gasteiger partial charge in [0.1, 0.15) is 18.1 Å². The molecule has 0 bridgehead atoms. The van der Waals surface area contributed by atoms with Gasteiger partial charge in [0.25, 0.3) is 0 Å². The average Bonchev–Trinajstić information content (AvgIpc) is 3.34. The molecule has 186 valence electrons. The summed E-state index contributed by atoms with van der Waals surface area (Å²) in [6.45, 7) is 2.02. The van der Waals surface area contributed by atoms with E-state index in [9.17, 15) is 19.2 Å². The molecule has 0 spiro atoms. The van der Waals surface area contributed by atoms with E-state index in [1.54, 1.807) is 6.92 Å². The third-order valence-electron chi connectivity index (χ3n) is 6.09. The van der Waals surface area contributed by atoms with Crippen LogP contribution in [0.1, 0.15) is 30.9 Å². The number of hydrogen-bond acceptors (Lipinski definition) is 5. The zero-order valence-corrected chi connectivity index (χ0v) is 19.9. The first-order chi connectivity index (χ1) is 16.8. The van der Waals surface area contributed by atoms with Gasteiger partial charge in [0.15, 0.2) is 0 Å². The van der Waals surface area contributed by atoms with Crippen LogP contribution in [0.5, 0.6) is 0 Å². The smallest absolute Gasteiger partial charge is 0.243 e. The van der Waals surface area contributed by atoms with E-state index in [0.717, 1.165) is 11.1 Å². The summed E-state index contributed by atoms with van der Waals surface area (Å²) < 4.78 is 0. The fraction of sp³-hybridized carbons (Fsp3) is 0.385. The van der Waals surface area contributed by atoms with Crippen LogP contribution in [0.3, 0.4) is 0 Å². The van der Waals surface area contributed by atoms with Gasteiger partial charge in [-0.2, -0.15) is 0 Å². The number of carbonyl (C=O) groups excluding carboxylic acids is 4. The number of hydrogen-bond donors (Lipinski definition) is 4. The van der Waals surface area contributed by atoms with Gasteiger partial charge in [-0.25, -0.2) is 0 Å². The molecular formula is C26H33N5O4. The highest BCUT2D eigenvalue weighted by molar-refractivity contribution is 5.95. The SMILES string of the molecule is C[C@@H](N)C(=O)N1CCC[C@H]1C(=O)N[C@@H](Cc1ccccc1)C(=O)N[C@@H](Cc1ccccc1)C(N)=O. The van der Waals surface area contributed by atoms with Crippen LogP contribution in [0.25, 0.3) is 0 Å². The largest absolute Gasteiger partial charge is 0.368 e. The van der Waals surface area contributed by atoms with E-state index in [4.69, 9.17) is 11.5 Å². The van der Waals surface area contributed by atoms with Crippen molar-refractivity contribution in [3.05, 3.63) is 71.8 Å².